The number of piperidine rings is 1. The maximum Gasteiger partial charge on any atom is 0.275 e. The molecule has 2 aliphatic rings. The summed E-state index contributed by atoms with van der Waals surface area (Å²) in [5.74, 6) is 0.00468. The molecule has 100 valence electrons. The van der Waals surface area contributed by atoms with E-state index in [1.807, 2.05) is 11.9 Å². The van der Waals surface area contributed by atoms with E-state index in [2.05, 4.69) is 14.1 Å². The lowest BCUT2D eigenvalue weighted by atomic mass is 9.98. The van der Waals surface area contributed by atoms with Crippen molar-refractivity contribution in [3.8, 4) is 0 Å². The fourth-order valence-corrected chi connectivity index (χ4v) is 3.36. The first-order valence-electron chi connectivity index (χ1n) is 6.05. The highest BCUT2D eigenvalue weighted by Crippen LogP contribution is 2.29. The molecule has 0 spiro atoms. The Balaban J connectivity index is 0.00000120. The lowest BCUT2D eigenvalue weighted by molar-refractivity contribution is 0.0677. The Morgan fingerprint density at radius 2 is 2.11 bits per heavy atom. The van der Waals surface area contributed by atoms with Crippen molar-refractivity contribution in [2.75, 3.05) is 7.05 Å². The molecule has 2 unspecified atom stereocenters. The van der Waals surface area contributed by atoms with Gasteiger partial charge in [-0.2, -0.15) is 8.75 Å². The van der Waals surface area contributed by atoms with Gasteiger partial charge in [-0.15, -0.1) is 12.4 Å². The molecule has 2 saturated heterocycles. The van der Waals surface area contributed by atoms with Gasteiger partial charge in [-0.25, -0.2) is 0 Å². The molecule has 1 aromatic rings. The van der Waals surface area contributed by atoms with Gasteiger partial charge in [0.1, 0.15) is 0 Å². The summed E-state index contributed by atoms with van der Waals surface area (Å²) in [7, 11) is 1.89. The number of carbonyl (C=O) groups is 1. The Bertz CT molecular complexity index is 401. The van der Waals surface area contributed by atoms with E-state index in [0.717, 1.165) is 24.6 Å². The Morgan fingerprint density at radius 3 is 2.67 bits per heavy atom. The minimum atomic E-state index is 0. The Kier molecular flexibility index (Phi) is 4.19. The molecule has 1 amide bonds. The van der Waals surface area contributed by atoms with Crippen molar-refractivity contribution in [1.29, 1.82) is 0 Å². The van der Waals surface area contributed by atoms with Crippen molar-refractivity contribution in [1.82, 2.24) is 19.0 Å². The van der Waals surface area contributed by atoms with Crippen LogP contribution in [0.5, 0.6) is 0 Å². The summed E-state index contributed by atoms with van der Waals surface area (Å²) in [4.78, 5) is 14.0. The quantitative estimate of drug-likeness (QED) is 0.892. The van der Waals surface area contributed by atoms with Gasteiger partial charge in [-0.3, -0.25) is 4.79 Å². The van der Waals surface area contributed by atoms with Gasteiger partial charge in [0.15, 0.2) is 5.69 Å². The number of nitrogens with zero attached hydrogens (tertiary/aromatic N) is 3. The fourth-order valence-electron chi connectivity index (χ4n) is 2.95. The van der Waals surface area contributed by atoms with E-state index in [9.17, 15) is 4.79 Å². The van der Waals surface area contributed by atoms with Crippen LogP contribution in [0.1, 0.15) is 36.2 Å². The van der Waals surface area contributed by atoms with E-state index in [1.54, 1.807) is 6.20 Å². The summed E-state index contributed by atoms with van der Waals surface area (Å²) in [6.45, 7) is 0. The summed E-state index contributed by atoms with van der Waals surface area (Å²) in [5, 5.41) is 3.58. The molecule has 1 aromatic heterocycles. The van der Waals surface area contributed by atoms with E-state index in [4.69, 9.17) is 0 Å². The maximum atomic E-state index is 12.1. The average molecular weight is 289 g/mol. The average Bonchev–Trinajstić information content (AvgIpc) is 2.97. The predicted octanol–water partition coefficient (Wildman–Crippen LogP) is 1.31. The van der Waals surface area contributed by atoms with Crippen LogP contribution in [0.4, 0.5) is 0 Å². The number of hydrogen-bond donors (Lipinski definition) is 1. The van der Waals surface area contributed by atoms with Crippen molar-refractivity contribution in [3.63, 3.8) is 0 Å². The standard InChI is InChI=1S/C11H16N4OS.ClH/c1-15(11(16)10-6-12-17-14-10)9-4-7-2-3-8(5-9)13-7;/h6-9,13H,2-5H2,1H3;1H. The molecule has 0 radical (unpaired) electrons. The Morgan fingerprint density at radius 1 is 1.44 bits per heavy atom. The van der Waals surface area contributed by atoms with E-state index in [-0.39, 0.29) is 18.3 Å². The number of halogens is 1. The first kappa shape index (κ1) is 13.7. The zero-order chi connectivity index (χ0) is 11.8. The lowest BCUT2D eigenvalue weighted by Crippen LogP contribution is -2.48. The lowest BCUT2D eigenvalue weighted by Gasteiger charge is -2.35. The summed E-state index contributed by atoms with van der Waals surface area (Å²) < 4.78 is 7.89. The minimum Gasteiger partial charge on any atom is -0.337 e. The van der Waals surface area contributed by atoms with Crippen LogP contribution in [-0.4, -0.2) is 44.7 Å². The molecule has 2 aliphatic heterocycles. The van der Waals surface area contributed by atoms with Gasteiger partial charge in [-0.1, -0.05) is 0 Å². The van der Waals surface area contributed by atoms with Crippen molar-refractivity contribution in [2.24, 2.45) is 0 Å². The second-order valence-electron chi connectivity index (χ2n) is 4.97. The molecule has 3 rings (SSSR count). The van der Waals surface area contributed by atoms with Crippen LogP contribution >= 0.6 is 24.1 Å². The molecule has 2 atom stereocenters. The number of nitrogens with one attached hydrogen (secondary N) is 1. The smallest absolute Gasteiger partial charge is 0.275 e. The molecule has 5 nitrogen and oxygen atoms in total. The number of amides is 1. The molecule has 3 heterocycles. The van der Waals surface area contributed by atoms with Gasteiger partial charge in [0.05, 0.1) is 17.9 Å². The van der Waals surface area contributed by atoms with Crippen LogP contribution in [0.15, 0.2) is 6.20 Å². The molecular weight excluding hydrogens is 272 g/mol. The zero-order valence-corrected chi connectivity index (χ0v) is 11.8. The molecule has 0 saturated carbocycles. The third kappa shape index (κ3) is 2.50. The third-order valence-electron chi connectivity index (χ3n) is 3.90. The van der Waals surface area contributed by atoms with Crippen molar-refractivity contribution in [2.45, 2.75) is 43.8 Å². The minimum absolute atomic E-state index is 0. The fraction of sp³-hybridized carbons (Fsp3) is 0.727. The Labute approximate surface area is 117 Å². The number of hydrogen-bond acceptors (Lipinski definition) is 5. The monoisotopic (exact) mass is 288 g/mol. The van der Waals surface area contributed by atoms with Gasteiger partial charge in [0.2, 0.25) is 0 Å². The number of rotatable bonds is 2. The van der Waals surface area contributed by atoms with Gasteiger partial charge in [0, 0.05) is 25.2 Å². The molecule has 2 bridgehead atoms. The van der Waals surface area contributed by atoms with Gasteiger partial charge >= 0.3 is 0 Å². The second-order valence-corrected chi connectivity index (χ2v) is 5.53. The largest absolute Gasteiger partial charge is 0.337 e. The highest BCUT2D eigenvalue weighted by atomic mass is 35.5. The van der Waals surface area contributed by atoms with Crippen LogP contribution in [0.25, 0.3) is 0 Å². The first-order valence-corrected chi connectivity index (χ1v) is 6.78. The summed E-state index contributed by atoms with van der Waals surface area (Å²) in [6.07, 6.45) is 6.19. The normalized spacial score (nSPS) is 29.7. The van der Waals surface area contributed by atoms with E-state index in [0.29, 0.717) is 23.8 Å². The third-order valence-corrected chi connectivity index (χ3v) is 4.37. The zero-order valence-electron chi connectivity index (χ0n) is 10.2. The highest BCUT2D eigenvalue weighted by molar-refractivity contribution is 6.99. The van der Waals surface area contributed by atoms with E-state index < -0.39 is 0 Å². The van der Waals surface area contributed by atoms with Crippen LogP contribution in [0.2, 0.25) is 0 Å². The molecule has 0 aliphatic carbocycles. The van der Waals surface area contributed by atoms with Crippen molar-refractivity contribution < 1.29 is 4.79 Å². The van der Waals surface area contributed by atoms with Crippen LogP contribution in [0, 0.1) is 0 Å². The van der Waals surface area contributed by atoms with Gasteiger partial charge in [0.25, 0.3) is 5.91 Å². The van der Waals surface area contributed by atoms with Crippen LogP contribution in [-0.2, 0) is 0 Å². The highest BCUT2D eigenvalue weighted by Gasteiger charge is 2.36. The van der Waals surface area contributed by atoms with Gasteiger partial charge in [-0.05, 0) is 25.7 Å². The number of fused-ring (bicyclic) bond motifs is 2. The molecule has 18 heavy (non-hydrogen) atoms. The number of carbonyl (C=O) groups excluding carboxylic acids is 1. The second kappa shape index (κ2) is 5.50. The van der Waals surface area contributed by atoms with Crippen LogP contribution in [0.3, 0.4) is 0 Å². The summed E-state index contributed by atoms with van der Waals surface area (Å²) >= 11 is 1.09. The van der Waals surface area contributed by atoms with Gasteiger partial charge < -0.3 is 10.2 Å². The van der Waals surface area contributed by atoms with Crippen molar-refractivity contribution in [3.05, 3.63) is 11.9 Å². The molecule has 1 N–H and O–H groups in total. The molecule has 2 fully saturated rings. The van der Waals surface area contributed by atoms with E-state index >= 15 is 0 Å². The molecular formula is C11H17ClN4OS. The molecule has 0 aromatic carbocycles. The SMILES string of the molecule is CN(C(=O)c1cnsn1)C1CC2CCC(C1)N2.Cl. The predicted molar refractivity (Wildman–Crippen MR) is 72.2 cm³/mol. The van der Waals surface area contributed by atoms with Crippen molar-refractivity contribution >= 4 is 30.0 Å². The summed E-state index contributed by atoms with van der Waals surface area (Å²) in [6, 6.07) is 1.55. The maximum absolute atomic E-state index is 12.1. The topological polar surface area (TPSA) is 58.1 Å². The summed E-state index contributed by atoms with van der Waals surface area (Å²) in [5.41, 5.74) is 0.475. The number of aromatic nitrogens is 2. The van der Waals surface area contributed by atoms with E-state index in [1.165, 1.54) is 12.8 Å². The molecule has 7 heteroatoms. The first-order chi connectivity index (χ1) is 8.24. The van der Waals surface area contributed by atoms with Crippen LogP contribution < -0.4 is 5.32 Å². The Hall–Kier alpha value is -0.720.